The molecule has 0 unspecified atom stereocenters. The molecule has 3 aromatic carbocycles. The third-order valence-electron chi connectivity index (χ3n) is 7.78. The zero-order chi connectivity index (χ0) is 30.3. The zero-order valence-corrected chi connectivity index (χ0v) is 23.5. The Kier molecular flexibility index (Phi) is 7.66. The second-order valence-corrected chi connectivity index (χ2v) is 11.9. The first-order chi connectivity index (χ1) is 20.6. The SMILES string of the molecule is NS(=O)(=O)OC[C@H]1C[C@@H](Nc2ncncc2C(=O)c2cn(Cc3ccc4ccccc4c3)c3ccc(F)cc23)[C@H](O)[C@@H]1O. The van der Waals surface area contributed by atoms with Crippen LogP contribution in [0.1, 0.15) is 27.9 Å². The van der Waals surface area contributed by atoms with Gasteiger partial charge in [0, 0.05) is 41.3 Å². The monoisotopic (exact) mass is 605 g/mol. The van der Waals surface area contributed by atoms with Crippen LogP contribution in [0.4, 0.5) is 10.2 Å². The zero-order valence-electron chi connectivity index (χ0n) is 22.7. The summed E-state index contributed by atoms with van der Waals surface area (Å²) in [5, 5.41) is 31.5. The predicted octanol–water partition coefficient (Wildman–Crippen LogP) is 2.75. The van der Waals surface area contributed by atoms with Gasteiger partial charge in [0.1, 0.15) is 24.1 Å². The molecule has 0 radical (unpaired) electrons. The van der Waals surface area contributed by atoms with Crippen molar-refractivity contribution >= 4 is 43.6 Å². The molecular formula is C30H28FN5O6S. The van der Waals surface area contributed by atoms with E-state index in [0.29, 0.717) is 17.4 Å². The molecular weight excluding hydrogens is 577 g/mol. The Hall–Kier alpha value is -4.27. The fourth-order valence-electron chi connectivity index (χ4n) is 5.66. The van der Waals surface area contributed by atoms with Crippen LogP contribution in [-0.2, 0) is 21.0 Å². The number of carbonyl (C=O) groups excluding carboxylic acids is 1. The number of nitrogens with one attached hydrogen (secondary N) is 1. The summed E-state index contributed by atoms with van der Waals surface area (Å²) in [4.78, 5) is 22.2. The molecule has 1 aliphatic rings. The molecule has 4 atom stereocenters. The van der Waals surface area contributed by atoms with E-state index in [9.17, 15) is 27.8 Å². The molecule has 2 heterocycles. The van der Waals surface area contributed by atoms with Crippen molar-refractivity contribution in [2.45, 2.75) is 31.2 Å². The molecule has 5 aromatic rings. The number of ketones is 1. The Morgan fingerprint density at radius 2 is 1.86 bits per heavy atom. The average molecular weight is 606 g/mol. The number of hydrogen-bond donors (Lipinski definition) is 4. The second-order valence-electron chi connectivity index (χ2n) is 10.6. The summed E-state index contributed by atoms with van der Waals surface area (Å²) in [7, 11) is -4.23. The third kappa shape index (κ3) is 5.98. The summed E-state index contributed by atoms with van der Waals surface area (Å²) in [6, 6.07) is 17.6. The van der Waals surface area contributed by atoms with Crippen LogP contribution in [0.5, 0.6) is 0 Å². The summed E-state index contributed by atoms with van der Waals surface area (Å²) in [6.45, 7) is 0.0118. The first-order valence-electron chi connectivity index (χ1n) is 13.5. The van der Waals surface area contributed by atoms with E-state index in [-0.39, 0.29) is 23.4 Å². The van der Waals surface area contributed by atoms with E-state index in [0.717, 1.165) is 16.3 Å². The Morgan fingerprint density at radius 3 is 2.65 bits per heavy atom. The van der Waals surface area contributed by atoms with Gasteiger partial charge in [-0.3, -0.25) is 8.98 Å². The minimum Gasteiger partial charge on any atom is -0.390 e. The van der Waals surface area contributed by atoms with Crippen molar-refractivity contribution < 1.29 is 32.0 Å². The van der Waals surface area contributed by atoms with Crippen LogP contribution in [0.3, 0.4) is 0 Å². The molecule has 1 fully saturated rings. The van der Waals surface area contributed by atoms with E-state index in [4.69, 9.17) is 5.14 Å². The number of aromatic nitrogens is 3. The summed E-state index contributed by atoms with van der Waals surface area (Å²) < 4.78 is 43.3. The predicted molar refractivity (Wildman–Crippen MR) is 157 cm³/mol. The third-order valence-corrected chi connectivity index (χ3v) is 8.25. The molecule has 0 amide bonds. The highest BCUT2D eigenvalue weighted by Crippen LogP contribution is 2.32. The van der Waals surface area contributed by atoms with Crippen LogP contribution in [-0.4, -0.2) is 63.8 Å². The van der Waals surface area contributed by atoms with Gasteiger partial charge in [0.15, 0.2) is 5.78 Å². The topological polar surface area (TPSA) is 170 Å². The number of aliphatic hydroxyl groups is 2. The van der Waals surface area contributed by atoms with Gasteiger partial charge in [0.05, 0.1) is 24.3 Å². The molecule has 0 spiro atoms. The average Bonchev–Trinajstić information content (AvgIpc) is 3.47. The normalized spacial score (nSPS) is 20.6. The number of nitrogens with zero attached hydrogens (tertiary/aromatic N) is 3. The van der Waals surface area contributed by atoms with E-state index in [2.05, 4.69) is 25.5 Å². The van der Waals surface area contributed by atoms with E-state index in [1.165, 1.54) is 24.7 Å². The first kappa shape index (κ1) is 28.8. The van der Waals surface area contributed by atoms with E-state index in [1.54, 1.807) is 12.3 Å². The minimum atomic E-state index is -4.23. The van der Waals surface area contributed by atoms with E-state index in [1.807, 2.05) is 41.0 Å². The smallest absolute Gasteiger partial charge is 0.333 e. The van der Waals surface area contributed by atoms with Crippen molar-refractivity contribution in [1.29, 1.82) is 0 Å². The fraction of sp³-hybridized carbons (Fsp3) is 0.233. The lowest BCUT2D eigenvalue weighted by Gasteiger charge is -2.19. The van der Waals surface area contributed by atoms with Crippen LogP contribution >= 0.6 is 0 Å². The molecule has 5 N–H and O–H groups in total. The molecule has 6 rings (SSSR count). The van der Waals surface area contributed by atoms with Crippen molar-refractivity contribution in [3.8, 4) is 0 Å². The quantitative estimate of drug-likeness (QED) is 0.185. The van der Waals surface area contributed by atoms with Crippen molar-refractivity contribution in [1.82, 2.24) is 14.5 Å². The summed E-state index contributed by atoms with van der Waals surface area (Å²) in [5.74, 6) is -1.62. The number of benzene rings is 3. The van der Waals surface area contributed by atoms with E-state index >= 15 is 0 Å². The Labute approximate surface area is 246 Å². The lowest BCUT2D eigenvalue weighted by atomic mass is 10.0. The largest absolute Gasteiger partial charge is 0.390 e. The summed E-state index contributed by atoms with van der Waals surface area (Å²) in [6.07, 6.45) is 1.70. The Balaban J connectivity index is 1.30. The van der Waals surface area contributed by atoms with Gasteiger partial charge >= 0.3 is 10.3 Å². The van der Waals surface area contributed by atoms with Gasteiger partial charge in [-0.2, -0.15) is 8.42 Å². The lowest BCUT2D eigenvalue weighted by molar-refractivity contribution is 0.00778. The number of nitrogens with two attached hydrogens (primary N) is 1. The van der Waals surface area contributed by atoms with Crippen molar-refractivity contribution in [3.63, 3.8) is 0 Å². The van der Waals surface area contributed by atoms with Gasteiger partial charge in [-0.1, -0.05) is 36.4 Å². The van der Waals surface area contributed by atoms with Crippen molar-refractivity contribution in [2.75, 3.05) is 11.9 Å². The molecule has 1 saturated carbocycles. The van der Waals surface area contributed by atoms with Crippen LogP contribution in [0.25, 0.3) is 21.7 Å². The maximum Gasteiger partial charge on any atom is 0.333 e. The number of carbonyl (C=O) groups is 1. The molecule has 2 aromatic heterocycles. The minimum absolute atomic E-state index is 0.0717. The number of hydrogen-bond acceptors (Lipinski definition) is 9. The van der Waals surface area contributed by atoms with Gasteiger partial charge in [-0.25, -0.2) is 19.5 Å². The van der Waals surface area contributed by atoms with Crippen LogP contribution in [0, 0.1) is 11.7 Å². The van der Waals surface area contributed by atoms with E-state index < -0.39 is 52.7 Å². The fourth-order valence-corrected chi connectivity index (χ4v) is 6.03. The first-order valence-corrected chi connectivity index (χ1v) is 14.9. The number of aliphatic hydroxyl groups excluding tert-OH is 2. The van der Waals surface area contributed by atoms with Gasteiger partial charge in [0.25, 0.3) is 0 Å². The molecule has 0 saturated heterocycles. The molecule has 0 bridgehead atoms. The highest BCUT2D eigenvalue weighted by atomic mass is 32.2. The lowest BCUT2D eigenvalue weighted by Crippen LogP contribution is -2.36. The van der Waals surface area contributed by atoms with Crippen molar-refractivity contribution in [3.05, 3.63) is 102 Å². The number of rotatable bonds is 9. The molecule has 11 nitrogen and oxygen atoms in total. The van der Waals surface area contributed by atoms with Gasteiger partial charge in [-0.15, -0.1) is 0 Å². The summed E-state index contributed by atoms with van der Waals surface area (Å²) >= 11 is 0. The highest BCUT2D eigenvalue weighted by Gasteiger charge is 2.42. The van der Waals surface area contributed by atoms with Crippen LogP contribution in [0.15, 0.2) is 79.4 Å². The van der Waals surface area contributed by atoms with Crippen LogP contribution in [0.2, 0.25) is 0 Å². The van der Waals surface area contributed by atoms with Gasteiger partial charge < -0.3 is 20.1 Å². The Bertz CT molecular complexity index is 1950. The van der Waals surface area contributed by atoms with Crippen LogP contribution < -0.4 is 10.5 Å². The number of fused-ring (bicyclic) bond motifs is 2. The van der Waals surface area contributed by atoms with Crippen molar-refractivity contribution in [2.24, 2.45) is 11.1 Å². The molecule has 1 aliphatic carbocycles. The highest BCUT2D eigenvalue weighted by molar-refractivity contribution is 7.84. The maximum atomic E-state index is 14.4. The molecule has 43 heavy (non-hydrogen) atoms. The van der Waals surface area contributed by atoms with Gasteiger partial charge in [-0.05, 0) is 47.0 Å². The Morgan fingerprint density at radius 1 is 1.07 bits per heavy atom. The maximum absolute atomic E-state index is 14.4. The number of anilines is 1. The molecule has 0 aliphatic heterocycles. The molecule has 13 heteroatoms. The standard InChI is InChI=1S/C30H28FN5O6S/c31-21-7-8-26-22(11-21)24(14-36(26)13-17-5-6-18-3-1-2-4-19(18)9-17)28(38)23-12-33-16-34-30(23)35-25-10-20(27(37)29(25)39)15-42-43(32,40)41/h1-9,11-12,14,16,20,25,27,29,37,39H,10,13,15H2,(H2,32,40,41)(H,33,34,35)/t20-,25-,27-,29+/m1/s1. The second kappa shape index (κ2) is 11.4. The number of halogens is 1. The summed E-state index contributed by atoms with van der Waals surface area (Å²) in [5.41, 5.74) is 1.97. The molecule has 222 valence electrons. The van der Waals surface area contributed by atoms with Gasteiger partial charge in [0.2, 0.25) is 0 Å².